The summed E-state index contributed by atoms with van der Waals surface area (Å²) >= 11 is 4.45. The van der Waals surface area contributed by atoms with Crippen molar-refractivity contribution in [1.82, 2.24) is 9.97 Å². The van der Waals surface area contributed by atoms with E-state index in [0.717, 1.165) is 26.9 Å². The van der Waals surface area contributed by atoms with E-state index in [9.17, 15) is 4.79 Å². The number of nitrogens with one attached hydrogen (secondary N) is 1. The molecule has 2 heterocycles. The fraction of sp³-hybridized carbons (Fsp3) is 0.0952. The van der Waals surface area contributed by atoms with Gasteiger partial charge in [0.1, 0.15) is 0 Å². The number of thioether (sulfide) groups is 1. The van der Waals surface area contributed by atoms with Crippen LogP contribution in [0, 0.1) is 0 Å². The van der Waals surface area contributed by atoms with Crippen LogP contribution in [-0.2, 0) is 4.79 Å². The minimum absolute atomic E-state index is 0.0737. The Labute approximate surface area is 175 Å². The first kappa shape index (κ1) is 18.9. The molecule has 0 aliphatic rings. The lowest BCUT2D eigenvalue weighted by Gasteiger charge is -2.08. The molecule has 0 spiro atoms. The number of thiazole rings is 2. The number of hydrogen-bond donors (Lipinski definition) is 1. The Morgan fingerprint density at radius 1 is 0.893 bits per heavy atom. The predicted molar refractivity (Wildman–Crippen MR) is 119 cm³/mol. The van der Waals surface area contributed by atoms with Crippen LogP contribution >= 0.6 is 34.4 Å². The molecule has 4 nitrogen and oxygen atoms in total. The molecule has 0 fully saturated rings. The maximum absolute atomic E-state index is 12.6. The Kier molecular flexibility index (Phi) is 5.85. The van der Waals surface area contributed by atoms with E-state index in [1.807, 2.05) is 78.3 Å². The number of carbonyl (C=O) groups excluding carboxylic acids is 1. The number of rotatable bonds is 6. The number of nitrogens with zero attached hydrogens (tertiary/aromatic N) is 2. The summed E-state index contributed by atoms with van der Waals surface area (Å²) in [5, 5.41) is 7.24. The minimum Gasteiger partial charge on any atom is -0.301 e. The largest absolute Gasteiger partial charge is 0.301 e. The summed E-state index contributed by atoms with van der Waals surface area (Å²) in [4.78, 5) is 21.7. The van der Waals surface area contributed by atoms with Gasteiger partial charge in [0.15, 0.2) is 9.47 Å². The van der Waals surface area contributed by atoms with E-state index >= 15 is 0 Å². The normalized spacial score (nSPS) is 11.9. The number of carbonyl (C=O) groups is 1. The highest BCUT2D eigenvalue weighted by Crippen LogP contribution is 2.31. The van der Waals surface area contributed by atoms with Crippen LogP contribution in [0.2, 0.25) is 0 Å². The van der Waals surface area contributed by atoms with Gasteiger partial charge in [-0.2, -0.15) is 0 Å². The van der Waals surface area contributed by atoms with Crippen LogP contribution in [0.4, 0.5) is 5.13 Å². The highest BCUT2D eigenvalue weighted by molar-refractivity contribution is 8.02. The average Bonchev–Trinajstić information content (AvgIpc) is 3.39. The molecule has 4 aromatic rings. The van der Waals surface area contributed by atoms with E-state index < -0.39 is 0 Å². The molecule has 4 rings (SSSR count). The first-order valence-corrected chi connectivity index (χ1v) is 11.3. The molecule has 2 aromatic heterocycles. The zero-order chi connectivity index (χ0) is 19.3. The zero-order valence-corrected chi connectivity index (χ0v) is 17.5. The second-order valence-electron chi connectivity index (χ2n) is 6.02. The van der Waals surface area contributed by atoms with E-state index in [-0.39, 0.29) is 11.2 Å². The molecule has 2 aromatic carbocycles. The Morgan fingerprint density at radius 2 is 1.46 bits per heavy atom. The van der Waals surface area contributed by atoms with Gasteiger partial charge in [-0.3, -0.25) is 4.79 Å². The van der Waals surface area contributed by atoms with Gasteiger partial charge in [-0.25, -0.2) is 9.97 Å². The zero-order valence-electron chi connectivity index (χ0n) is 15.0. The number of amides is 1. The van der Waals surface area contributed by atoms with Crippen molar-refractivity contribution in [2.75, 3.05) is 5.32 Å². The first-order chi connectivity index (χ1) is 13.7. The molecule has 140 valence electrons. The summed E-state index contributed by atoms with van der Waals surface area (Å²) in [5.41, 5.74) is 3.93. The highest BCUT2D eigenvalue weighted by atomic mass is 32.2. The van der Waals surface area contributed by atoms with Gasteiger partial charge in [0.25, 0.3) is 0 Å². The Hall–Kier alpha value is -2.48. The number of aromatic nitrogens is 2. The topological polar surface area (TPSA) is 54.9 Å². The van der Waals surface area contributed by atoms with E-state index in [1.54, 1.807) is 11.3 Å². The van der Waals surface area contributed by atoms with Crippen LogP contribution in [0.3, 0.4) is 0 Å². The van der Waals surface area contributed by atoms with Gasteiger partial charge < -0.3 is 5.32 Å². The number of hydrogen-bond acceptors (Lipinski definition) is 6. The van der Waals surface area contributed by atoms with Gasteiger partial charge >= 0.3 is 0 Å². The van der Waals surface area contributed by atoms with Crippen LogP contribution in [0.5, 0.6) is 0 Å². The molecular formula is C21H17N3OS3. The van der Waals surface area contributed by atoms with Crippen LogP contribution in [0.15, 0.2) is 75.8 Å². The first-order valence-electron chi connectivity index (χ1n) is 8.68. The summed E-state index contributed by atoms with van der Waals surface area (Å²) in [5.74, 6) is -0.0737. The van der Waals surface area contributed by atoms with Gasteiger partial charge in [0.05, 0.1) is 16.6 Å². The Morgan fingerprint density at radius 3 is 2.11 bits per heavy atom. The molecule has 1 unspecified atom stereocenters. The van der Waals surface area contributed by atoms with E-state index in [2.05, 4.69) is 15.3 Å². The van der Waals surface area contributed by atoms with Crippen LogP contribution < -0.4 is 5.32 Å². The van der Waals surface area contributed by atoms with Crippen molar-refractivity contribution >= 4 is 45.5 Å². The van der Waals surface area contributed by atoms with Crippen LogP contribution in [-0.4, -0.2) is 21.1 Å². The third kappa shape index (κ3) is 4.49. The second kappa shape index (κ2) is 8.68. The summed E-state index contributed by atoms with van der Waals surface area (Å²) in [7, 11) is 0. The molecule has 1 atom stereocenters. The minimum atomic E-state index is -0.265. The van der Waals surface area contributed by atoms with E-state index in [4.69, 9.17) is 0 Å². The Bertz CT molecular complexity index is 1060. The van der Waals surface area contributed by atoms with Crippen molar-refractivity contribution in [3.05, 3.63) is 71.4 Å². The standard InChI is InChI=1S/C21H17N3OS3/c1-14(28-21-23-18(13-27-21)16-10-6-3-7-11-16)19(25)24-20-22-17(12-26-20)15-8-4-2-5-9-15/h2-14H,1H3,(H,22,24,25). The smallest absolute Gasteiger partial charge is 0.239 e. The van der Waals surface area contributed by atoms with Gasteiger partial charge in [-0.15, -0.1) is 22.7 Å². The molecule has 0 saturated carbocycles. The third-order valence-corrected chi connectivity index (χ3v) is 6.83. The summed E-state index contributed by atoms with van der Waals surface area (Å²) < 4.78 is 0.880. The molecule has 0 bridgehead atoms. The number of anilines is 1. The summed E-state index contributed by atoms with van der Waals surface area (Å²) in [6, 6.07) is 20.0. The number of benzene rings is 2. The molecule has 0 aliphatic heterocycles. The maximum atomic E-state index is 12.6. The third-order valence-electron chi connectivity index (χ3n) is 4.00. The highest BCUT2D eigenvalue weighted by Gasteiger charge is 2.18. The predicted octanol–water partition coefficient (Wildman–Crippen LogP) is 6.05. The lowest BCUT2D eigenvalue weighted by atomic mass is 10.2. The fourth-order valence-electron chi connectivity index (χ4n) is 2.54. The maximum Gasteiger partial charge on any atom is 0.239 e. The van der Waals surface area contributed by atoms with E-state index in [0.29, 0.717) is 5.13 Å². The Balaban J connectivity index is 1.38. The molecule has 1 N–H and O–H groups in total. The van der Waals surface area contributed by atoms with Gasteiger partial charge in [-0.05, 0) is 6.92 Å². The summed E-state index contributed by atoms with van der Waals surface area (Å²) in [6.07, 6.45) is 0. The lowest BCUT2D eigenvalue weighted by molar-refractivity contribution is -0.115. The van der Waals surface area contributed by atoms with Crippen molar-refractivity contribution in [3.8, 4) is 22.5 Å². The molecule has 0 aliphatic carbocycles. The van der Waals surface area contributed by atoms with Crippen molar-refractivity contribution in [2.24, 2.45) is 0 Å². The molecular weight excluding hydrogens is 406 g/mol. The van der Waals surface area contributed by atoms with Crippen molar-refractivity contribution in [2.45, 2.75) is 16.5 Å². The lowest BCUT2D eigenvalue weighted by Crippen LogP contribution is -2.22. The molecule has 0 radical (unpaired) electrons. The van der Waals surface area contributed by atoms with Crippen molar-refractivity contribution in [3.63, 3.8) is 0 Å². The molecule has 28 heavy (non-hydrogen) atoms. The van der Waals surface area contributed by atoms with Gasteiger partial charge in [-0.1, -0.05) is 72.4 Å². The van der Waals surface area contributed by atoms with Crippen LogP contribution in [0.25, 0.3) is 22.5 Å². The molecule has 0 saturated heterocycles. The molecule has 1 amide bonds. The van der Waals surface area contributed by atoms with Gasteiger partial charge in [0, 0.05) is 21.9 Å². The van der Waals surface area contributed by atoms with E-state index in [1.165, 1.54) is 23.1 Å². The SMILES string of the molecule is CC(Sc1nc(-c2ccccc2)cs1)C(=O)Nc1nc(-c2ccccc2)cs1. The fourth-order valence-corrected chi connectivity index (χ4v) is 5.23. The van der Waals surface area contributed by atoms with Gasteiger partial charge in [0.2, 0.25) is 5.91 Å². The monoisotopic (exact) mass is 423 g/mol. The molecule has 7 heteroatoms. The van der Waals surface area contributed by atoms with Crippen molar-refractivity contribution in [1.29, 1.82) is 0 Å². The second-order valence-corrected chi connectivity index (χ2v) is 9.32. The summed E-state index contributed by atoms with van der Waals surface area (Å²) in [6.45, 7) is 1.88. The average molecular weight is 424 g/mol. The van der Waals surface area contributed by atoms with Crippen molar-refractivity contribution < 1.29 is 4.79 Å². The van der Waals surface area contributed by atoms with Crippen LogP contribution in [0.1, 0.15) is 6.92 Å². The quantitative estimate of drug-likeness (QED) is 0.383.